The minimum atomic E-state index is 0.117. The second-order valence-electron chi connectivity index (χ2n) is 10.9. The lowest BCUT2D eigenvalue weighted by molar-refractivity contribution is 0.211. The van der Waals surface area contributed by atoms with Crippen LogP contribution in [0.4, 0.5) is 11.8 Å². The van der Waals surface area contributed by atoms with Gasteiger partial charge in [-0.2, -0.15) is 10.2 Å². The van der Waals surface area contributed by atoms with E-state index >= 15 is 0 Å². The van der Waals surface area contributed by atoms with Crippen LogP contribution < -0.4 is 11.1 Å². The first-order valence-corrected chi connectivity index (χ1v) is 15.0. The Bertz CT molecular complexity index is 2010. The van der Waals surface area contributed by atoms with E-state index in [1.54, 1.807) is 6.20 Å². The van der Waals surface area contributed by atoms with E-state index in [2.05, 4.69) is 54.4 Å². The van der Waals surface area contributed by atoms with Gasteiger partial charge in [-0.15, -0.1) is 0 Å². The molecule has 0 atom stereocenters. The molecule has 0 unspecified atom stereocenters. The number of aromatic nitrogens is 7. The van der Waals surface area contributed by atoms with E-state index < -0.39 is 0 Å². The van der Waals surface area contributed by atoms with E-state index in [0.717, 1.165) is 66.1 Å². The SMILES string of the molecule is N#Cc1ncnc(NC2CCN(Cc3ccc(-n4c(-c5cccnc5N)nc5ccc(-c6ccc(Cl)cc6)nc54)cc3)CC2)n1. The highest BCUT2D eigenvalue weighted by molar-refractivity contribution is 6.30. The molecule has 11 nitrogen and oxygen atoms in total. The molecule has 4 aromatic heterocycles. The Kier molecular flexibility index (Phi) is 7.73. The highest BCUT2D eigenvalue weighted by atomic mass is 35.5. The number of nitrogens with zero attached hydrogens (tertiary/aromatic N) is 9. The lowest BCUT2D eigenvalue weighted by Crippen LogP contribution is -2.39. The molecule has 1 aliphatic heterocycles. The number of nitrogens with two attached hydrogens (primary N) is 1. The van der Waals surface area contributed by atoms with E-state index in [9.17, 15) is 0 Å². The van der Waals surface area contributed by atoms with Crippen LogP contribution in [0.3, 0.4) is 0 Å². The van der Waals surface area contributed by atoms with Crippen molar-refractivity contribution in [2.24, 2.45) is 0 Å². The largest absolute Gasteiger partial charge is 0.383 e. The van der Waals surface area contributed by atoms with E-state index in [4.69, 9.17) is 32.6 Å². The Morgan fingerprint density at radius 1 is 0.911 bits per heavy atom. The highest BCUT2D eigenvalue weighted by Crippen LogP contribution is 2.32. The fraction of sp³-hybridized carbons (Fsp3) is 0.182. The maximum absolute atomic E-state index is 9.04. The number of nitriles is 1. The number of anilines is 2. The van der Waals surface area contributed by atoms with Crippen LogP contribution in [0, 0.1) is 11.3 Å². The number of likely N-dealkylation sites (tertiary alicyclic amines) is 1. The van der Waals surface area contributed by atoms with Crippen LogP contribution in [0.25, 0.3) is 39.5 Å². The van der Waals surface area contributed by atoms with Crippen LogP contribution in [0.15, 0.2) is 85.3 Å². The van der Waals surface area contributed by atoms with Gasteiger partial charge < -0.3 is 11.1 Å². The number of hydrogen-bond acceptors (Lipinski definition) is 10. The Morgan fingerprint density at radius 2 is 1.71 bits per heavy atom. The summed E-state index contributed by atoms with van der Waals surface area (Å²) in [6.45, 7) is 2.70. The van der Waals surface area contributed by atoms with Gasteiger partial charge in [0, 0.05) is 48.1 Å². The van der Waals surface area contributed by atoms with Gasteiger partial charge in [-0.25, -0.2) is 24.9 Å². The minimum Gasteiger partial charge on any atom is -0.383 e. The third kappa shape index (κ3) is 6.02. The molecule has 0 amide bonds. The van der Waals surface area contributed by atoms with Crippen molar-refractivity contribution < 1.29 is 0 Å². The molecule has 7 rings (SSSR count). The van der Waals surface area contributed by atoms with Crippen LogP contribution in [0.1, 0.15) is 24.2 Å². The van der Waals surface area contributed by atoms with Gasteiger partial charge in [0.25, 0.3) is 0 Å². The molecular formula is C33H28ClN11. The topological polar surface area (TPSA) is 147 Å². The number of nitrogen functional groups attached to an aromatic ring is 1. The van der Waals surface area contributed by atoms with Crippen molar-refractivity contribution in [1.82, 2.24) is 39.4 Å². The molecule has 1 fully saturated rings. The molecule has 0 bridgehead atoms. The molecule has 1 aliphatic rings. The summed E-state index contributed by atoms with van der Waals surface area (Å²) in [5.74, 6) is 1.65. The summed E-state index contributed by atoms with van der Waals surface area (Å²) in [5.41, 5.74) is 12.5. The molecule has 0 radical (unpaired) electrons. The van der Waals surface area contributed by atoms with Crippen LogP contribution in [0.5, 0.6) is 0 Å². The van der Waals surface area contributed by atoms with Gasteiger partial charge in [0.15, 0.2) is 11.5 Å². The van der Waals surface area contributed by atoms with Crippen molar-refractivity contribution >= 4 is 34.5 Å². The molecule has 0 saturated carbocycles. The molecule has 0 aliphatic carbocycles. The monoisotopic (exact) mass is 613 g/mol. The highest BCUT2D eigenvalue weighted by Gasteiger charge is 2.21. The molecule has 1 saturated heterocycles. The fourth-order valence-corrected chi connectivity index (χ4v) is 5.74. The maximum Gasteiger partial charge on any atom is 0.236 e. The van der Waals surface area contributed by atoms with Crippen LogP contribution in [0.2, 0.25) is 5.02 Å². The van der Waals surface area contributed by atoms with Crippen LogP contribution in [-0.4, -0.2) is 58.5 Å². The van der Waals surface area contributed by atoms with Gasteiger partial charge in [0.1, 0.15) is 23.7 Å². The number of rotatable bonds is 7. The van der Waals surface area contributed by atoms with E-state index in [1.807, 2.05) is 59.2 Å². The van der Waals surface area contributed by atoms with Crippen LogP contribution >= 0.6 is 11.6 Å². The smallest absolute Gasteiger partial charge is 0.236 e. The van der Waals surface area contributed by atoms with Gasteiger partial charge in [-0.3, -0.25) is 9.47 Å². The number of halogens is 1. The Balaban J connectivity index is 1.13. The van der Waals surface area contributed by atoms with Crippen molar-refractivity contribution in [2.75, 3.05) is 24.1 Å². The zero-order valence-electron chi connectivity index (χ0n) is 24.2. The Morgan fingerprint density at radius 3 is 2.47 bits per heavy atom. The number of fused-ring (bicyclic) bond motifs is 1. The normalized spacial score (nSPS) is 14.0. The standard InChI is InChI=1S/C33H28ClN11/c34-23-7-5-22(6-8-23)27-11-12-28-32(41-27)45(31(42-28)26-2-1-15-37-30(26)36)25-9-3-21(4-10-25)19-44-16-13-24(14-17-44)40-33-39-20-38-29(18-35)43-33/h1-12,15,20,24H,13-14,16-17,19H2,(H2,36,37)(H,38,39,40,43). The van der Waals surface area contributed by atoms with Gasteiger partial charge >= 0.3 is 0 Å². The van der Waals surface area contributed by atoms with E-state index in [-0.39, 0.29) is 11.9 Å². The second kappa shape index (κ2) is 12.3. The number of imidazole rings is 1. The number of nitrogens with one attached hydrogen (secondary N) is 1. The fourth-order valence-electron chi connectivity index (χ4n) is 5.62. The molecule has 2 aromatic carbocycles. The van der Waals surface area contributed by atoms with Crippen molar-refractivity contribution in [1.29, 1.82) is 5.26 Å². The summed E-state index contributed by atoms with van der Waals surface area (Å²) in [4.78, 5) is 28.9. The average molecular weight is 614 g/mol. The summed E-state index contributed by atoms with van der Waals surface area (Å²) in [7, 11) is 0. The number of piperidine rings is 1. The predicted molar refractivity (Wildman–Crippen MR) is 173 cm³/mol. The van der Waals surface area contributed by atoms with Crippen molar-refractivity contribution in [3.8, 4) is 34.4 Å². The average Bonchev–Trinajstić information content (AvgIpc) is 3.45. The van der Waals surface area contributed by atoms with Gasteiger partial charge in [-0.1, -0.05) is 35.9 Å². The molecule has 6 aromatic rings. The van der Waals surface area contributed by atoms with Crippen molar-refractivity contribution in [3.05, 3.63) is 102 Å². The number of pyridine rings is 2. The van der Waals surface area contributed by atoms with Gasteiger partial charge in [-0.05, 0) is 66.9 Å². The summed E-state index contributed by atoms with van der Waals surface area (Å²) in [5, 5.41) is 13.1. The molecule has 222 valence electrons. The second-order valence-corrected chi connectivity index (χ2v) is 11.3. The van der Waals surface area contributed by atoms with Crippen LogP contribution in [-0.2, 0) is 6.54 Å². The third-order valence-corrected chi connectivity index (χ3v) is 8.17. The number of hydrogen-bond donors (Lipinski definition) is 2. The zero-order valence-corrected chi connectivity index (χ0v) is 24.9. The van der Waals surface area contributed by atoms with Gasteiger partial charge in [0.2, 0.25) is 11.8 Å². The minimum absolute atomic E-state index is 0.117. The molecular weight excluding hydrogens is 586 g/mol. The molecule has 0 spiro atoms. The molecule has 12 heteroatoms. The molecule has 45 heavy (non-hydrogen) atoms. The first-order chi connectivity index (χ1) is 22.0. The summed E-state index contributed by atoms with van der Waals surface area (Å²) in [6.07, 6.45) is 4.94. The summed E-state index contributed by atoms with van der Waals surface area (Å²) < 4.78 is 2.04. The van der Waals surface area contributed by atoms with Gasteiger partial charge in [0.05, 0.1) is 11.3 Å². The summed E-state index contributed by atoms with van der Waals surface area (Å²) >= 11 is 6.13. The molecule has 5 heterocycles. The predicted octanol–water partition coefficient (Wildman–Crippen LogP) is 5.52. The zero-order chi connectivity index (χ0) is 30.8. The van der Waals surface area contributed by atoms with E-state index in [0.29, 0.717) is 22.6 Å². The molecule has 3 N–H and O–H groups in total. The summed E-state index contributed by atoms with van der Waals surface area (Å²) in [6, 6.07) is 26.1. The Hall–Kier alpha value is -5.44. The number of benzene rings is 2. The lowest BCUT2D eigenvalue weighted by Gasteiger charge is -2.32. The Labute approximate surface area is 264 Å². The first kappa shape index (κ1) is 28.3. The first-order valence-electron chi connectivity index (χ1n) is 14.6. The lowest BCUT2D eigenvalue weighted by atomic mass is 10.0. The van der Waals surface area contributed by atoms with E-state index in [1.165, 1.54) is 11.9 Å². The maximum atomic E-state index is 9.04. The van der Waals surface area contributed by atoms with Crippen molar-refractivity contribution in [3.63, 3.8) is 0 Å². The van der Waals surface area contributed by atoms with Crippen molar-refractivity contribution in [2.45, 2.75) is 25.4 Å². The third-order valence-electron chi connectivity index (χ3n) is 7.92. The quantitative estimate of drug-likeness (QED) is 0.236.